The van der Waals surface area contributed by atoms with E-state index >= 15 is 0 Å². The van der Waals surface area contributed by atoms with Crippen molar-refractivity contribution < 1.29 is 9.59 Å². The van der Waals surface area contributed by atoms with Gasteiger partial charge in [0.25, 0.3) is 0 Å². The average molecular weight is 426 g/mol. The number of aromatic nitrogens is 2. The van der Waals surface area contributed by atoms with Gasteiger partial charge in [-0.05, 0) is 31.0 Å². The van der Waals surface area contributed by atoms with E-state index in [0.717, 1.165) is 81.0 Å². The Kier molecular flexibility index (Phi) is 6.60. The van der Waals surface area contributed by atoms with Crippen LogP contribution in [0.4, 0.5) is 5.69 Å². The summed E-state index contributed by atoms with van der Waals surface area (Å²) in [4.78, 5) is 34.0. The van der Waals surface area contributed by atoms with Gasteiger partial charge in [-0.15, -0.1) is 0 Å². The molecular weight excluding hydrogens is 390 g/mol. The summed E-state index contributed by atoms with van der Waals surface area (Å²) < 4.78 is 2.13. The maximum absolute atomic E-state index is 12.6. The fraction of sp³-hybridized carbons (Fsp3) is 0.625. The SMILES string of the molecule is CC(C)C(=O)N1CCN(Cc2nc3cc(NC(=O)C4CCCCC4)ccc3n2C)CC1. The minimum atomic E-state index is 0.0548. The number of rotatable bonds is 5. The second-order valence-electron chi connectivity index (χ2n) is 9.37. The van der Waals surface area contributed by atoms with Gasteiger partial charge < -0.3 is 14.8 Å². The summed E-state index contributed by atoms with van der Waals surface area (Å²) in [5.41, 5.74) is 2.81. The van der Waals surface area contributed by atoms with Crippen LogP contribution >= 0.6 is 0 Å². The molecule has 7 nitrogen and oxygen atoms in total. The fourth-order valence-electron chi connectivity index (χ4n) is 4.77. The molecule has 1 aromatic carbocycles. The van der Waals surface area contributed by atoms with Crippen molar-refractivity contribution in [2.75, 3.05) is 31.5 Å². The van der Waals surface area contributed by atoms with Crippen molar-refractivity contribution >= 4 is 28.5 Å². The van der Waals surface area contributed by atoms with Crippen molar-refractivity contribution in [1.29, 1.82) is 0 Å². The minimum Gasteiger partial charge on any atom is -0.340 e. The zero-order chi connectivity index (χ0) is 22.0. The highest BCUT2D eigenvalue weighted by molar-refractivity contribution is 5.94. The quantitative estimate of drug-likeness (QED) is 0.797. The number of anilines is 1. The second kappa shape index (κ2) is 9.39. The summed E-state index contributed by atoms with van der Waals surface area (Å²) in [6.45, 7) is 7.96. The summed E-state index contributed by atoms with van der Waals surface area (Å²) >= 11 is 0. The highest BCUT2D eigenvalue weighted by atomic mass is 16.2. The number of imidazole rings is 1. The predicted octanol–water partition coefficient (Wildman–Crippen LogP) is 3.39. The molecule has 0 radical (unpaired) electrons. The lowest BCUT2D eigenvalue weighted by Gasteiger charge is -2.35. The van der Waals surface area contributed by atoms with Crippen LogP contribution in [0.15, 0.2) is 18.2 Å². The molecule has 2 amide bonds. The summed E-state index contributed by atoms with van der Waals surface area (Å²) in [6.07, 6.45) is 5.55. The molecule has 7 heteroatoms. The smallest absolute Gasteiger partial charge is 0.227 e. The van der Waals surface area contributed by atoms with Crippen molar-refractivity contribution in [3.8, 4) is 0 Å². The molecule has 2 heterocycles. The van der Waals surface area contributed by atoms with Crippen LogP contribution in [0.5, 0.6) is 0 Å². The van der Waals surface area contributed by atoms with Crippen LogP contribution in [0.2, 0.25) is 0 Å². The van der Waals surface area contributed by atoms with Gasteiger partial charge in [-0.1, -0.05) is 33.1 Å². The number of hydrogen-bond donors (Lipinski definition) is 1. The molecule has 0 spiro atoms. The lowest BCUT2D eigenvalue weighted by Crippen LogP contribution is -2.49. The number of hydrogen-bond acceptors (Lipinski definition) is 4. The topological polar surface area (TPSA) is 70.5 Å². The first-order chi connectivity index (χ1) is 14.9. The van der Waals surface area contributed by atoms with E-state index in [1.807, 2.05) is 44.0 Å². The van der Waals surface area contributed by atoms with Crippen LogP contribution in [0.25, 0.3) is 11.0 Å². The van der Waals surface area contributed by atoms with Gasteiger partial charge in [0, 0.05) is 50.7 Å². The number of piperazine rings is 1. The lowest BCUT2D eigenvalue weighted by molar-refractivity contribution is -0.136. The van der Waals surface area contributed by atoms with Gasteiger partial charge in [0.15, 0.2) is 0 Å². The van der Waals surface area contributed by atoms with Crippen LogP contribution < -0.4 is 5.32 Å². The number of amides is 2. The molecule has 0 unspecified atom stereocenters. The van der Waals surface area contributed by atoms with Crippen LogP contribution in [-0.4, -0.2) is 57.3 Å². The molecule has 2 aromatic rings. The molecular formula is C24H35N5O2. The largest absolute Gasteiger partial charge is 0.340 e. The summed E-state index contributed by atoms with van der Waals surface area (Å²) in [5, 5.41) is 3.10. The van der Waals surface area contributed by atoms with E-state index in [0.29, 0.717) is 0 Å². The lowest BCUT2D eigenvalue weighted by atomic mass is 9.88. The number of benzene rings is 1. The number of aryl methyl sites for hydroxylation is 1. The first kappa shape index (κ1) is 21.8. The van der Waals surface area contributed by atoms with Crippen molar-refractivity contribution in [2.45, 2.75) is 52.5 Å². The number of nitrogens with one attached hydrogen (secondary N) is 1. The Morgan fingerprint density at radius 1 is 1.10 bits per heavy atom. The predicted molar refractivity (Wildman–Crippen MR) is 123 cm³/mol. The van der Waals surface area contributed by atoms with Crippen molar-refractivity contribution in [3.63, 3.8) is 0 Å². The Labute approximate surface area is 184 Å². The van der Waals surface area contributed by atoms with E-state index in [-0.39, 0.29) is 23.7 Å². The van der Waals surface area contributed by atoms with E-state index in [1.54, 1.807) is 0 Å². The monoisotopic (exact) mass is 425 g/mol. The Bertz CT molecular complexity index is 937. The van der Waals surface area contributed by atoms with Crippen LogP contribution in [0.1, 0.15) is 51.8 Å². The standard InChI is InChI=1S/C24H35N5O2/c1-17(2)24(31)29-13-11-28(12-14-29)16-22-26-20-15-19(9-10-21(20)27(22)3)25-23(30)18-7-5-4-6-8-18/h9-10,15,17-18H,4-8,11-14,16H2,1-3H3,(H,25,30). The third-order valence-corrected chi connectivity index (χ3v) is 6.76. The summed E-state index contributed by atoms with van der Waals surface area (Å²) in [7, 11) is 2.05. The molecule has 31 heavy (non-hydrogen) atoms. The van der Waals surface area contributed by atoms with Crippen LogP contribution in [-0.2, 0) is 23.2 Å². The molecule has 1 N–H and O–H groups in total. The number of fused-ring (bicyclic) bond motifs is 1. The Morgan fingerprint density at radius 3 is 2.48 bits per heavy atom. The third-order valence-electron chi connectivity index (χ3n) is 6.76. The van der Waals surface area contributed by atoms with E-state index in [9.17, 15) is 9.59 Å². The molecule has 2 aliphatic rings. The van der Waals surface area contributed by atoms with Gasteiger partial charge in [-0.25, -0.2) is 4.98 Å². The maximum atomic E-state index is 12.6. The first-order valence-corrected chi connectivity index (χ1v) is 11.7. The Balaban J connectivity index is 1.40. The number of carbonyl (C=O) groups excluding carboxylic acids is 2. The Hall–Kier alpha value is -2.41. The fourth-order valence-corrected chi connectivity index (χ4v) is 4.77. The molecule has 2 fully saturated rings. The van der Waals surface area contributed by atoms with E-state index in [2.05, 4.69) is 14.8 Å². The van der Waals surface area contributed by atoms with Crippen LogP contribution in [0.3, 0.4) is 0 Å². The van der Waals surface area contributed by atoms with Gasteiger partial charge in [0.2, 0.25) is 11.8 Å². The maximum Gasteiger partial charge on any atom is 0.227 e. The Morgan fingerprint density at radius 2 is 1.81 bits per heavy atom. The molecule has 1 aromatic heterocycles. The zero-order valence-corrected chi connectivity index (χ0v) is 19.1. The number of carbonyl (C=O) groups is 2. The molecule has 4 rings (SSSR count). The number of nitrogens with zero attached hydrogens (tertiary/aromatic N) is 4. The molecule has 1 saturated carbocycles. The summed E-state index contributed by atoms with van der Waals surface area (Å²) in [5.74, 6) is 1.59. The van der Waals surface area contributed by atoms with E-state index in [1.165, 1.54) is 6.42 Å². The van der Waals surface area contributed by atoms with E-state index in [4.69, 9.17) is 4.98 Å². The van der Waals surface area contributed by atoms with Crippen molar-refractivity contribution in [1.82, 2.24) is 19.4 Å². The van der Waals surface area contributed by atoms with E-state index < -0.39 is 0 Å². The van der Waals surface area contributed by atoms with Gasteiger partial charge in [-0.2, -0.15) is 0 Å². The van der Waals surface area contributed by atoms with Gasteiger partial charge >= 0.3 is 0 Å². The molecule has 1 aliphatic heterocycles. The molecule has 1 aliphatic carbocycles. The van der Waals surface area contributed by atoms with Gasteiger partial charge in [0.05, 0.1) is 17.6 Å². The zero-order valence-electron chi connectivity index (χ0n) is 19.1. The highest BCUT2D eigenvalue weighted by Gasteiger charge is 2.24. The van der Waals surface area contributed by atoms with Gasteiger partial charge in [-0.3, -0.25) is 14.5 Å². The van der Waals surface area contributed by atoms with Gasteiger partial charge in [0.1, 0.15) is 5.82 Å². The summed E-state index contributed by atoms with van der Waals surface area (Å²) in [6, 6.07) is 6.01. The average Bonchev–Trinajstić information content (AvgIpc) is 3.08. The van der Waals surface area contributed by atoms with Crippen LogP contribution in [0, 0.1) is 11.8 Å². The molecule has 1 saturated heterocycles. The normalized spacial score (nSPS) is 18.6. The third kappa shape index (κ3) is 4.92. The molecule has 168 valence electrons. The molecule has 0 atom stereocenters. The van der Waals surface area contributed by atoms with Crippen molar-refractivity contribution in [3.05, 3.63) is 24.0 Å². The first-order valence-electron chi connectivity index (χ1n) is 11.7. The minimum absolute atomic E-state index is 0.0548. The highest BCUT2D eigenvalue weighted by Crippen LogP contribution is 2.26. The van der Waals surface area contributed by atoms with Crippen molar-refractivity contribution in [2.24, 2.45) is 18.9 Å². The second-order valence-corrected chi connectivity index (χ2v) is 9.37. The molecule has 0 bridgehead atoms.